The van der Waals surface area contributed by atoms with Gasteiger partial charge in [-0.2, -0.15) is 0 Å². The van der Waals surface area contributed by atoms with Crippen molar-refractivity contribution >= 4 is 17.6 Å². The van der Waals surface area contributed by atoms with E-state index in [4.69, 9.17) is 0 Å². The molecule has 7 heteroatoms. The van der Waals surface area contributed by atoms with Crippen molar-refractivity contribution < 1.29 is 9.59 Å². The number of hydrogen-bond acceptors (Lipinski definition) is 4. The van der Waals surface area contributed by atoms with Crippen LogP contribution in [0.2, 0.25) is 0 Å². The van der Waals surface area contributed by atoms with Crippen LogP contribution in [-0.4, -0.2) is 38.3 Å². The second-order valence-corrected chi connectivity index (χ2v) is 6.31. The summed E-state index contributed by atoms with van der Waals surface area (Å²) >= 11 is 0. The zero-order valence-corrected chi connectivity index (χ0v) is 13.9. The normalized spacial score (nSPS) is 16.7. The highest BCUT2D eigenvalue weighted by molar-refractivity contribution is 5.98. The van der Waals surface area contributed by atoms with Crippen molar-refractivity contribution in [2.45, 2.75) is 51.0 Å². The van der Waals surface area contributed by atoms with E-state index in [1.165, 1.54) is 0 Å². The zero-order valence-electron chi connectivity index (χ0n) is 13.9. The van der Waals surface area contributed by atoms with Gasteiger partial charge in [0.25, 0.3) is 5.91 Å². The molecule has 0 atom stereocenters. The molecule has 1 aliphatic rings. The Morgan fingerprint density at radius 2 is 2.08 bits per heavy atom. The van der Waals surface area contributed by atoms with Crippen LogP contribution in [0.1, 0.15) is 55.9 Å². The molecule has 1 saturated carbocycles. The molecular formula is C17H23N5O2. The van der Waals surface area contributed by atoms with Gasteiger partial charge in [0, 0.05) is 25.1 Å². The van der Waals surface area contributed by atoms with Crippen LogP contribution >= 0.6 is 0 Å². The molecule has 24 heavy (non-hydrogen) atoms. The molecule has 2 N–H and O–H groups in total. The van der Waals surface area contributed by atoms with E-state index in [9.17, 15) is 9.59 Å². The summed E-state index contributed by atoms with van der Waals surface area (Å²) in [5, 5.41) is 5.90. The molecule has 128 valence electrons. The van der Waals surface area contributed by atoms with E-state index in [1.807, 2.05) is 6.92 Å². The SMILES string of the molecule is CCCNC(=O)C1(NC(=O)c2cn3cccnc3n2)CCCCC1. The highest BCUT2D eigenvalue weighted by atomic mass is 16.2. The third-order valence-corrected chi connectivity index (χ3v) is 4.50. The lowest BCUT2D eigenvalue weighted by Crippen LogP contribution is -2.59. The van der Waals surface area contributed by atoms with Crippen LogP contribution in [0.4, 0.5) is 0 Å². The van der Waals surface area contributed by atoms with E-state index in [1.54, 1.807) is 29.1 Å². The number of carbonyl (C=O) groups excluding carboxylic acids is 2. The van der Waals surface area contributed by atoms with Gasteiger partial charge in [0.1, 0.15) is 11.2 Å². The number of nitrogens with one attached hydrogen (secondary N) is 2. The number of rotatable bonds is 5. The van der Waals surface area contributed by atoms with Crippen LogP contribution in [0, 0.1) is 0 Å². The van der Waals surface area contributed by atoms with Crippen LogP contribution in [-0.2, 0) is 4.79 Å². The van der Waals surface area contributed by atoms with Gasteiger partial charge < -0.3 is 10.6 Å². The highest BCUT2D eigenvalue weighted by Crippen LogP contribution is 2.29. The van der Waals surface area contributed by atoms with Gasteiger partial charge in [-0.1, -0.05) is 26.2 Å². The van der Waals surface area contributed by atoms with Crippen molar-refractivity contribution in [3.8, 4) is 0 Å². The van der Waals surface area contributed by atoms with Gasteiger partial charge in [-0.15, -0.1) is 0 Å². The van der Waals surface area contributed by atoms with Crippen LogP contribution in [0.5, 0.6) is 0 Å². The molecule has 0 bridgehead atoms. The van der Waals surface area contributed by atoms with Crippen molar-refractivity contribution in [1.29, 1.82) is 0 Å². The number of amides is 2. The third-order valence-electron chi connectivity index (χ3n) is 4.50. The first-order valence-electron chi connectivity index (χ1n) is 8.55. The van der Waals surface area contributed by atoms with Gasteiger partial charge in [-0.3, -0.25) is 14.0 Å². The summed E-state index contributed by atoms with van der Waals surface area (Å²) in [4.78, 5) is 33.7. The van der Waals surface area contributed by atoms with Crippen LogP contribution < -0.4 is 10.6 Å². The predicted octanol–water partition coefficient (Wildman–Crippen LogP) is 1.69. The maximum atomic E-state index is 12.7. The summed E-state index contributed by atoms with van der Waals surface area (Å²) in [6.07, 6.45) is 10.2. The number of fused-ring (bicyclic) bond motifs is 1. The molecule has 0 aromatic carbocycles. The monoisotopic (exact) mass is 329 g/mol. The first kappa shape index (κ1) is 16.4. The second-order valence-electron chi connectivity index (χ2n) is 6.31. The average Bonchev–Trinajstić information content (AvgIpc) is 3.04. The fourth-order valence-corrected chi connectivity index (χ4v) is 3.19. The number of carbonyl (C=O) groups is 2. The van der Waals surface area contributed by atoms with E-state index >= 15 is 0 Å². The predicted molar refractivity (Wildman–Crippen MR) is 89.6 cm³/mol. The first-order chi connectivity index (χ1) is 11.6. The Morgan fingerprint density at radius 3 is 2.79 bits per heavy atom. The smallest absolute Gasteiger partial charge is 0.272 e. The van der Waals surface area contributed by atoms with E-state index < -0.39 is 5.54 Å². The van der Waals surface area contributed by atoms with E-state index in [2.05, 4.69) is 20.6 Å². The molecule has 0 radical (unpaired) electrons. The molecule has 3 rings (SSSR count). The van der Waals surface area contributed by atoms with Crippen molar-refractivity contribution in [3.63, 3.8) is 0 Å². The van der Waals surface area contributed by atoms with Gasteiger partial charge in [-0.25, -0.2) is 9.97 Å². The average molecular weight is 329 g/mol. The Hall–Kier alpha value is -2.44. The summed E-state index contributed by atoms with van der Waals surface area (Å²) in [7, 11) is 0. The zero-order chi connectivity index (χ0) is 17.0. The van der Waals surface area contributed by atoms with Gasteiger partial charge in [0.15, 0.2) is 0 Å². The lowest BCUT2D eigenvalue weighted by atomic mass is 9.80. The third kappa shape index (κ3) is 3.25. The largest absolute Gasteiger partial charge is 0.354 e. The van der Waals surface area contributed by atoms with Crippen molar-refractivity contribution in [2.75, 3.05) is 6.54 Å². The number of imidazole rings is 1. The van der Waals surface area contributed by atoms with Crippen molar-refractivity contribution in [3.05, 3.63) is 30.4 Å². The molecular weight excluding hydrogens is 306 g/mol. The van der Waals surface area contributed by atoms with Crippen LogP contribution in [0.15, 0.2) is 24.7 Å². The summed E-state index contributed by atoms with van der Waals surface area (Å²) in [6.45, 7) is 2.63. The maximum Gasteiger partial charge on any atom is 0.272 e. The fraction of sp³-hybridized carbons (Fsp3) is 0.529. The Balaban J connectivity index is 1.80. The van der Waals surface area contributed by atoms with E-state index in [-0.39, 0.29) is 17.5 Å². The lowest BCUT2D eigenvalue weighted by molar-refractivity contribution is -0.128. The molecule has 2 heterocycles. The first-order valence-corrected chi connectivity index (χ1v) is 8.55. The summed E-state index contributed by atoms with van der Waals surface area (Å²) in [6, 6.07) is 1.77. The van der Waals surface area contributed by atoms with Gasteiger partial charge in [0.05, 0.1) is 0 Å². The number of hydrogen-bond donors (Lipinski definition) is 2. The summed E-state index contributed by atoms with van der Waals surface area (Å²) in [5.74, 6) is 0.0594. The quantitative estimate of drug-likeness (QED) is 0.874. The molecule has 0 spiro atoms. The lowest BCUT2D eigenvalue weighted by Gasteiger charge is -2.36. The minimum Gasteiger partial charge on any atom is -0.354 e. The molecule has 2 aromatic rings. The second kappa shape index (κ2) is 6.98. The van der Waals surface area contributed by atoms with Gasteiger partial charge in [-0.05, 0) is 25.3 Å². The van der Waals surface area contributed by atoms with E-state index in [0.717, 1.165) is 25.7 Å². The van der Waals surface area contributed by atoms with Crippen molar-refractivity contribution in [2.24, 2.45) is 0 Å². The number of aromatic nitrogens is 3. The van der Waals surface area contributed by atoms with Gasteiger partial charge >= 0.3 is 0 Å². The standard InChI is InChI=1S/C17H23N5O2/c1-2-9-18-15(24)17(7-4-3-5-8-17)21-14(23)13-12-22-11-6-10-19-16(22)20-13/h6,10-12H,2-5,7-9H2,1H3,(H,18,24)(H,21,23). The highest BCUT2D eigenvalue weighted by Gasteiger charge is 2.41. The minimum absolute atomic E-state index is 0.0840. The van der Waals surface area contributed by atoms with Crippen LogP contribution in [0.3, 0.4) is 0 Å². The molecule has 2 amide bonds. The minimum atomic E-state index is -0.826. The van der Waals surface area contributed by atoms with E-state index in [0.29, 0.717) is 25.2 Å². The molecule has 0 unspecified atom stereocenters. The van der Waals surface area contributed by atoms with Crippen LogP contribution in [0.25, 0.3) is 5.78 Å². The molecule has 0 saturated heterocycles. The summed E-state index contributed by atoms with van der Waals surface area (Å²) < 4.78 is 1.69. The Bertz CT molecular complexity index is 700. The molecule has 2 aromatic heterocycles. The van der Waals surface area contributed by atoms with Gasteiger partial charge in [0.2, 0.25) is 11.7 Å². The molecule has 0 aliphatic heterocycles. The Kier molecular flexibility index (Phi) is 4.78. The number of nitrogens with zero attached hydrogens (tertiary/aromatic N) is 3. The fourth-order valence-electron chi connectivity index (χ4n) is 3.19. The molecule has 7 nitrogen and oxygen atoms in total. The summed E-state index contributed by atoms with van der Waals surface area (Å²) in [5.41, 5.74) is -0.546. The molecule has 1 fully saturated rings. The van der Waals surface area contributed by atoms with Crippen molar-refractivity contribution in [1.82, 2.24) is 25.0 Å². The maximum absolute atomic E-state index is 12.7. The molecule has 1 aliphatic carbocycles. The topological polar surface area (TPSA) is 88.4 Å². The Morgan fingerprint density at radius 1 is 1.29 bits per heavy atom. The Labute approximate surface area is 140 Å².